The summed E-state index contributed by atoms with van der Waals surface area (Å²) in [5.74, 6) is 0.214. The highest BCUT2D eigenvalue weighted by molar-refractivity contribution is 7.13. The minimum absolute atomic E-state index is 0.0110. The van der Waals surface area contributed by atoms with Gasteiger partial charge >= 0.3 is 0 Å². The molecule has 0 aromatic carbocycles. The lowest BCUT2D eigenvalue weighted by Gasteiger charge is -2.07. The van der Waals surface area contributed by atoms with Crippen molar-refractivity contribution in [3.05, 3.63) is 29.5 Å². The first-order valence-corrected chi connectivity index (χ1v) is 6.15. The molecule has 18 heavy (non-hydrogen) atoms. The Kier molecular flexibility index (Phi) is 4.08. The summed E-state index contributed by atoms with van der Waals surface area (Å²) in [5, 5.41) is 22.4. The minimum atomic E-state index is -0.961. The van der Waals surface area contributed by atoms with E-state index in [1.807, 2.05) is 0 Å². The van der Waals surface area contributed by atoms with Crippen molar-refractivity contribution >= 4 is 17.2 Å². The molecule has 0 aliphatic heterocycles. The molecule has 1 amide bonds. The predicted molar refractivity (Wildman–Crippen MR) is 65.2 cm³/mol. The number of nitrogens with zero attached hydrogens (tertiary/aromatic N) is 1. The molecule has 2 aromatic heterocycles. The van der Waals surface area contributed by atoms with E-state index in [4.69, 9.17) is 14.6 Å². The number of aromatic nitrogens is 1. The van der Waals surface area contributed by atoms with Crippen molar-refractivity contribution in [3.8, 4) is 10.8 Å². The first kappa shape index (κ1) is 12.7. The van der Waals surface area contributed by atoms with Crippen molar-refractivity contribution in [2.45, 2.75) is 6.10 Å². The second-order valence-corrected chi connectivity index (χ2v) is 4.42. The van der Waals surface area contributed by atoms with Crippen LogP contribution in [0.2, 0.25) is 0 Å². The average molecular weight is 268 g/mol. The lowest BCUT2D eigenvalue weighted by molar-refractivity contribution is 0.0799. The van der Waals surface area contributed by atoms with E-state index >= 15 is 0 Å². The molecule has 2 rings (SSSR count). The maximum absolute atomic E-state index is 11.7. The molecule has 0 radical (unpaired) electrons. The number of furan rings is 1. The second kappa shape index (κ2) is 5.76. The molecule has 96 valence electrons. The van der Waals surface area contributed by atoms with E-state index in [0.717, 1.165) is 0 Å². The Morgan fingerprint density at radius 2 is 2.44 bits per heavy atom. The van der Waals surface area contributed by atoms with Crippen molar-refractivity contribution in [2.75, 3.05) is 13.2 Å². The summed E-state index contributed by atoms with van der Waals surface area (Å²) in [6, 6.07) is 3.50. The fourth-order valence-corrected chi connectivity index (χ4v) is 2.02. The second-order valence-electron chi connectivity index (χ2n) is 3.56. The van der Waals surface area contributed by atoms with Gasteiger partial charge in [0.15, 0.2) is 10.8 Å². The smallest absolute Gasteiger partial charge is 0.270 e. The summed E-state index contributed by atoms with van der Waals surface area (Å²) in [7, 11) is 0. The topological polar surface area (TPSA) is 95.6 Å². The quantitative estimate of drug-likeness (QED) is 0.733. The van der Waals surface area contributed by atoms with Gasteiger partial charge in [-0.05, 0) is 12.1 Å². The fourth-order valence-electron chi connectivity index (χ4n) is 1.26. The normalized spacial score (nSPS) is 12.3. The summed E-state index contributed by atoms with van der Waals surface area (Å²) in [6.07, 6.45) is 0.575. The van der Waals surface area contributed by atoms with Crippen LogP contribution in [0, 0.1) is 0 Å². The Balaban J connectivity index is 1.99. The summed E-state index contributed by atoms with van der Waals surface area (Å²) in [5.41, 5.74) is 0.261. The Bertz CT molecular complexity index is 509. The van der Waals surface area contributed by atoms with E-state index in [9.17, 15) is 4.79 Å². The van der Waals surface area contributed by atoms with Crippen LogP contribution in [0.5, 0.6) is 0 Å². The van der Waals surface area contributed by atoms with Crippen LogP contribution < -0.4 is 5.32 Å². The molecule has 0 bridgehead atoms. The van der Waals surface area contributed by atoms with Gasteiger partial charge in [0.1, 0.15) is 5.69 Å². The molecule has 0 aliphatic carbocycles. The van der Waals surface area contributed by atoms with Gasteiger partial charge in [-0.15, -0.1) is 11.3 Å². The highest BCUT2D eigenvalue weighted by Crippen LogP contribution is 2.23. The standard InChI is InChI=1S/C11H12N2O4S/c14-5-7(15)4-12-10(16)8-6-18-11(13-8)9-2-1-3-17-9/h1-3,6-7,14-15H,4-5H2,(H,12,16). The first-order chi connectivity index (χ1) is 8.70. The number of nitrogens with one attached hydrogen (secondary N) is 1. The van der Waals surface area contributed by atoms with Crippen LogP contribution in [0.4, 0.5) is 0 Å². The van der Waals surface area contributed by atoms with E-state index < -0.39 is 18.6 Å². The highest BCUT2D eigenvalue weighted by Gasteiger charge is 2.13. The molecule has 0 fully saturated rings. The molecule has 6 nitrogen and oxygen atoms in total. The van der Waals surface area contributed by atoms with E-state index in [2.05, 4.69) is 10.3 Å². The fraction of sp³-hybridized carbons (Fsp3) is 0.273. The van der Waals surface area contributed by atoms with Crippen LogP contribution in [-0.4, -0.2) is 40.4 Å². The molecule has 1 atom stereocenters. The zero-order chi connectivity index (χ0) is 13.0. The van der Waals surface area contributed by atoms with Crippen molar-refractivity contribution in [3.63, 3.8) is 0 Å². The third-order valence-electron chi connectivity index (χ3n) is 2.18. The Morgan fingerprint density at radius 1 is 1.61 bits per heavy atom. The van der Waals surface area contributed by atoms with Crippen LogP contribution in [0.1, 0.15) is 10.5 Å². The summed E-state index contributed by atoms with van der Waals surface area (Å²) < 4.78 is 5.17. The number of hydrogen-bond donors (Lipinski definition) is 3. The molecule has 0 saturated heterocycles. The maximum atomic E-state index is 11.7. The molecule has 7 heteroatoms. The Hall–Kier alpha value is -1.70. The largest absolute Gasteiger partial charge is 0.462 e. The molecule has 1 unspecified atom stereocenters. The molecule has 2 aromatic rings. The number of aliphatic hydroxyl groups excluding tert-OH is 2. The highest BCUT2D eigenvalue weighted by atomic mass is 32.1. The number of hydrogen-bond acceptors (Lipinski definition) is 6. The number of carbonyl (C=O) groups is 1. The van der Waals surface area contributed by atoms with Gasteiger partial charge in [-0.1, -0.05) is 0 Å². The lowest BCUT2D eigenvalue weighted by atomic mass is 10.3. The average Bonchev–Trinajstić information content (AvgIpc) is 3.04. The van der Waals surface area contributed by atoms with E-state index in [-0.39, 0.29) is 12.2 Å². The molecule has 3 N–H and O–H groups in total. The molecule has 2 heterocycles. The maximum Gasteiger partial charge on any atom is 0.270 e. The third kappa shape index (κ3) is 2.95. The zero-order valence-electron chi connectivity index (χ0n) is 9.37. The van der Waals surface area contributed by atoms with Crippen molar-refractivity contribution in [1.29, 1.82) is 0 Å². The molecular formula is C11H12N2O4S. The van der Waals surface area contributed by atoms with Gasteiger partial charge < -0.3 is 19.9 Å². The van der Waals surface area contributed by atoms with Crippen LogP contribution >= 0.6 is 11.3 Å². The first-order valence-electron chi connectivity index (χ1n) is 5.27. The number of amides is 1. The van der Waals surface area contributed by atoms with E-state index in [1.165, 1.54) is 17.6 Å². The predicted octanol–water partition coefficient (Wildman–Crippen LogP) is 0.486. The van der Waals surface area contributed by atoms with Gasteiger partial charge in [0.2, 0.25) is 0 Å². The summed E-state index contributed by atoms with van der Waals surface area (Å²) >= 11 is 1.30. The van der Waals surface area contributed by atoms with Crippen molar-refractivity contribution in [1.82, 2.24) is 10.3 Å². The molecular weight excluding hydrogens is 256 g/mol. The number of rotatable bonds is 5. The lowest BCUT2D eigenvalue weighted by Crippen LogP contribution is -2.34. The van der Waals surface area contributed by atoms with Crippen LogP contribution in [0.25, 0.3) is 10.8 Å². The monoisotopic (exact) mass is 268 g/mol. The summed E-state index contributed by atoms with van der Waals surface area (Å²) in [4.78, 5) is 15.8. The number of aliphatic hydroxyl groups is 2. The van der Waals surface area contributed by atoms with Crippen molar-refractivity contribution in [2.24, 2.45) is 0 Å². The minimum Gasteiger partial charge on any atom is -0.462 e. The van der Waals surface area contributed by atoms with Crippen LogP contribution in [-0.2, 0) is 0 Å². The molecule has 0 saturated carbocycles. The number of carbonyl (C=O) groups excluding carboxylic acids is 1. The van der Waals surface area contributed by atoms with Crippen LogP contribution in [0.3, 0.4) is 0 Å². The SMILES string of the molecule is O=C(NCC(O)CO)c1csc(-c2ccco2)n1. The summed E-state index contributed by atoms with van der Waals surface area (Å²) in [6.45, 7) is -0.405. The van der Waals surface area contributed by atoms with Gasteiger partial charge in [-0.2, -0.15) is 0 Å². The van der Waals surface area contributed by atoms with Gasteiger partial charge in [0.05, 0.1) is 19.0 Å². The number of thiazole rings is 1. The van der Waals surface area contributed by atoms with Crippen molar-refractivity contribution < 1.29 is 19.4 Å². The van der Waals surface area contributed by atoms with Crippen LogP contribution in [0.15, 0.2) is 28.2 Å². The zero-order valence-corrected chi connectivity index (χ0v) is 10.2. The molecule has 0 aliphatic rings. The molecule has 0 spiro atoms. The van der Waals surface area contributed by atoms with Gasteiger partial charge in [0, 0.05) is 11.9 Å². The van der Waals surface area contributed by atoms with E-state index in [1.54, 1.807) is 17.5 Å². The Labute approximate surface area is 107 Å². The van der Waals surface area contributed by atoms with Gasteiger partial charge in [-0.3, -0.25) is 4.79 Å². The van der Waals surface area contributed by atoms with Gasteiger partial charge in [-0.25, -0.2) is 4.98 Å². The Morgan fingerprint density at radius 3 is 3.11 bits per heavy atom. The third-order valence-corrected chi connectivity index (χ3v) is 3.03. The van der Waals surface area contributed by atoms with E-state index in [0.29, 0.717) is 10.8 Å². The van der Waals surface area contributed by atoms with Gasteiger partial charge in [0.25, 0.3) is 5.91 Å².